The van der Waals surface area contributed by atoms with Crippen LogP contribution in [0.25, 0.3) is 0 Å². The molecule has 10 heteroatoms. The SMILES string of the molecule is O=[N+]([O-])c1ccc(C=Nc2cccc(CN3CCN=C3c3cccc(N=Cc4ccc([N+](=O)[O-])cc4)c3)c2)cc1. The fourth-order valence-corrected chi connectivity index (χ4v) is 4.25. The van der Waals surface area contributed by atoms with E-state index in [1.807, 2.05) is 48.5 Å². The van der Waals surface area contributed by atoms with E-state index in [-0.39, 0.29) is 11.4 Å². The number of nitro benzene ring substituents is 2. The molecular weight excluding hydrogens is 508 g/mol. The minimum atomic E-state index is -0.427. The number of aliphatic imine (C=N–C) groups is 3. The van der Waals surface area contributed by atoms with E-state index in [0.717, 1.165) is 46.0 Å². The minimum absolute atomic E-state index is 0.0420. The van der Waals surface area contributed by atoms with Crippen LogP contribution >= 0.6 is 0 Å². The number of benzene rings is 4. The van der Waals surface area contributed by atoms with E-state index in [1.54, 1.807) is 36.7 Å². The molecule has 0 bridgehead atoms. The Kier molecular flexibility index (Phi) is 7.77. The fourth-order valence-electron chi connectivity index (χ4n) is 4.25. The summed E-state index contributed by atoms with van der Waals surface area (Å²) in [6.07, 6.45) is 3.37. The van der Waals surface area contributed by atoms with Crippen molar-refractivity contribution in [3.63, 3.8) is 0 Å². The van der Waals surface area contributed by atoms with Crippen LogP contribution < -0.4 is 0 Å². The molecule has 4 aromatic carbocycles. The van der Waals surface area contributed by atoms with Gasteiger partial charge in [0.05, 0.1) is 27.8 Å². The van der Waals surface area contributed by atoms with Crippen LogP contribution in [-0.4, -0.2) is 46.1 Å². The van der Waals surface area contributed by atoms with Gasteiger partial charge in [-0.25, -0.2) is 0 Å². The molecular formula is C30H24N6O4. The first-order valence-electron chi connectivity index (χ1n) is 12.5. The molecule has 40 heavy (non-hydrogen) atoms. The second kappa shape index (κ2) is 11.9. The fraction of sp³-hybridized carbons (Fsp3) is 0.100. The molecule has 0 atom stereocenters. The molecule has 4 aromatic rings. The highest BCUT2D eigenvalue weighted by atomic mass is 16.6. The summed E-state index contributed by atoms with van der Waals surface area (Å²) in [5.41, 5.74) is 5.23. The molecule has 0 spiro atoms. The Hall–Kier alpha value is -5.51. The maximum atomic E-state index is 10.9. The first-order valence-corrected chi connectivity index (χ1v) is 12.5. The standard InChI is InChI=1S/C30H24N6O4/c37-35(38)28-11-7-22(8-12-28)19-32-26-5-1-3-24(17-26)21-34-16-15-31-30(34)25-4-2-6-27(18-25)33-20-23-9-13-29(14-10-23)36(39)40/h1-14,17-20H,15-16,21H2. The number of nitro groups is 2. The maximum absolute atomic E-state index is 10.9. The summed E-state index contributed by atoms with van der Waals surface area (Å²) < 4.78 is 0. The third-order valence-corrected chi connectivity index (χ3v) is 6.25. The Morgan fingerprint density at radius 1 is 0.750 bits per heavy atom. The molecule has 10 nitrogen and oxygen atoms in total. The smallest absolute Gasteiger partial charge is 0.269 e. The van der Waals surface area contributed by atoms with Crippen LogP contribution in [-0.2, 0) is 6.54 Å². The van der Waals surface area contributed by atoms with E-state index in [9.17, 15) is 20.2 Å². The highest BCUT2D eigenvalue weighted by Crippen LogP contribution is 2.22. The molecule has 5 rings (SSSR count). The Balaban J connectivity index is 1.26. The second-order valence-corrected chi connectivity index (χ2v) is 9.06. The Morgan fingerprint density at radius 3 is 1.88 bits per heavy atom. The summed E-state index contributed by atoms with van der Waals surface area (Å²) in [6, 6.07) is 28.3. The normalized spacial score (nSPS) is 13.2. The molecule has 0 fully saturated rings. The molecule has 0 amide bonds. The van der Waals surface area contributed by atoms with E-state index in [4.69, 9.17) is 4.99 Å². The summed E-state index contributed by atoms with van der Waals surface area (Å²) in [6.45, 7) is 2.15. The lowest BCUT2D eigenvalue weighted by Gasteiger charge is -2.21. The molecule has 0 saturated carbocycles. The van der Waals surface area contributed by atoms with E-state index in [1.165, 1.54) is 24.3 Å². The predicted molar refractivity (Wildman–Crippen MR) is 155 cm³/mol. The molecule has 0 saturated heterocycles. The summed E-state index contributed by atoms with van der Waals surface area (Å²) >= 11 is 0. The lowest BCUT2D eigenvalue weighted by Crippen LogP contribution is -2.27. The lowest BCUT2D eigenvalue weighted by molar-refractivity contribution is -0.385. The number of hydrogen-bond donors (Lipinski definition) is 0. The largest absolute Gasteiger partial charge is 0.350 e. The summed E-state index contributed by atoms with van der Waals surface area (Å²) in [7, 11) is 0. The average molecular weight is 533 g/mol. The van der Waals surface area contributed by atoms with Gasteiger partial charge in [0.1, 0.15) is 5.84 Å². The van der Waals surface area contributed by atoms with Crippen LogP contribution in [0.5, 0.6) is 0 Å². The van der Waals surface area contributed by atoms with Crippen LogP contribution in [0.1, 0.15) is 22.3 Å². The van der Waals surface area contributed by atoms with Gasteiger partial charge < -0.3 is 4.90 Å². The molecule has 0 aliphatic carbocycles. The molecule has 0 N–H and O–H groups in total. The number of rotatable bonds is 9. The summed E-state index contributed by atoms with van der Waals surface area (Å²) in [5.74, 6) is 0.896. The maximum Gasteiger partial charge on any atom is 0.269 e. The van der Waals surface area contributed by atoms with Crippen LogP contribution in [0.2, 0.25) is 0 Å². The van der Waals surface area contributed by atoms with Gasteiger partial charge in [-0.3, -0.25) is 35.2 Å². The van der Waals surface area contributed by atoms with Crippen molar-refractivity contribution in [1.29, 1.82) is 0 Å². The lowest BCUT2D eigenvalue weighted by atomic mass is 10.1. The van der Waals surface area contributed by atoms with Gasteiger partial charge in [-0.15, -0.1) is 0 Å². The van der Waals surface area contributed by atoms with Gasteiger partial charge in [0.2, 0.25) is 0 Å². The van der Waals surface area contributed by atoms with Crippen molar-refractivity contribution in [2.75, 3.05) is 13.1 Å². The highest BCUT2D eigenvalue weighted by Gasteiger charge is 2.19. The van der Waals surface area contributed by atoms with Crippen LogP contribution in [0.4, 0.5) is 22.7 Å². The van der Waals surface area contributed by atoms with E-state index < -0.39 is 9.85 Å². The van der Waals surface area contributed by atoms with Crippen molar-refractivity contribution in [2.24, 2.45) is 15.0 Å². The van der Waals surface area contributed by atoms with Crippen LogP contribution in [0, 0.1) is 20.2 Å². The minimum Gasteiger partial charge on any atom is -0.350 e. The van der Waals surface area contributed by atoms with Gasteiger partial charge in [-0.05, 0) is 65.2 Å². The third-order valence-electron chi connectivity index (χ3n) is 6.25. The number of nitrogens with zero attached hydrogens (tertiary/aromatic N) is 6. The Bertz CT molecular complexity index is 1630. The molecule has 0 unspecified atom stereocenters. The summed E-state index contributed by atoms with van der Waals surface area (Å²) in [4.78, 5) is 36.9. The zero-order valence-corrected chi connectivity index (χ0v) is 21.3. The molecule has 0 aromatic heterocycles. The zero-order valence-electron chi connectivity index (χ0n) is 21.3. The van der Waals surface area contributed by atoms with Crippen molar-refractivity contribution >= 4 is 41.0 Å². The van der Waals surface area contributed by atoms with Crippen molar-refractivity contribution in [3.8, 4) is 0 Å². The van der Waals surface area contributed by atoms with Gasteiger partial charge in [0.15, 0.2) is 0 Å². The number of amidine groups is 1. The van der Waals surface area contributed by atoms with Gasteiger partial charge in [0.25, 0.3) is 11.4 Å². The quantitative estimate of drug-likeness (QED) is 0.143. The molecule has 0 radical (unpaired) electrons. The van der Waals surface area contributed by atoms with Crippen molar-refractivity contribution in [2.45, 2.75) is 6.54 Å². The third kappa shape index (κ3) is 6.48. The van der Waals surface area contributed by atoms with Crippen molar-refractivity contribution in [1.82, 2.24) is 4.90 Å². The van der Waals surface area contributed by atoms with Crippen molar-refractivity contribution < 1.29 is 9.85 Å². The molecule has 1 aliphatic heterocycles. The van der Waals surface area contributed by atoms with Gasteiger partial charge in [0, 0.05) is 55.3 Å². The van der Waals surface area contributed by atoms with Gasteiger partial charge in [-0.1, -0.05) is 24.3 Å². The number of non-ortho nitro benzene ring substituents is 2. The molecule has 198 valence electrons. The van der Waals surface area contributed by atoms with Crippen LogP contribution in [0.15, 0.2) is 112 Å². The monoisotopic (exact) mass is 532 g/mol. The first kappa shape index (κ1) is 26.1. The number of hydrogen-bond acceptors (Lipinski definition) is 8. The van der Waals surface area contributed by atoms with E-state index in [0.29, 0.717) is 13.1 Å². The first-order chi connectivity index (χ1) is 19.4. The van der Waals surface area contributed by atoms with Crippen molar-refractivity contribution in [3.05, 3.63) is 140 Å². The van der Waals surface area contributed by atoms with Gasteiger partial charge >= 0.3 is 0 Å². The topological polar surface area (TPSA) is 127 Å². The predicted octanol–water partition coefficient (Wildman–Crippen LogP) is 6.27. The second-order valence-electron chi connectivity index (χ2n) is 9.06. The van der Waals surface area contributed by atoms with Crippen LogP contribution in [0.3, 0.4) is 0 Å². The Morgan fingerprint density at radius 2 is 1.30 bits per heavy atom. The zero-order chi connectivity index (χ0) is 27.9. The van der Waals surface area contributed by atoms with E-state index >= 15 is 0 Å². The summed E-state index contributed by atoms with van der Waals surface area (Å²) in [5, 5.41) is 21.7. The highest BCUT2D eigenvalue weighted by molar-refractivity contribution is 6.00. The average Bonchev–Trinajstić information content (AvgIpc) is 3.44. The van der Waals surface area contributed by atoms with Gasteiger partial charge in [-0.2, -0.15) is 0 Å². The van der Waals surface area contributed by atoms with E-state index in [2.05, 4.69) is 14.9 Å². The molecule has 1 heterocycles. The Labute approximate surface area is 230 Å². The molecule has 1 aliphatic rings.